The molecule has 3 N–H and O–H groups in total. The number of hydrogen-bond donors (Lipinski definition) is 2. The number of nitrogens with one attached hydrogen (secondary N) is 1. The lowest BCUT2D eigenvalue weighted by molar-refractivity contribution is -0.122. The number of amides is 3. The van der Waals surface area contributed by atoms with Gasteiger partial charge >= 0.3 is 6.03 Å². The molecule has 1 rings (SSSR count). The first-order valence-electron chi connectivity index (χ1n) is 6.49. The second-order valence-corrected chi connectivity index (χ2v) is 6.22. The van der Waals surface area contributed by atoms with Gasteiger partial charge in [-0.3, -0.25) is 4.79 Å². The summed E-state index contributed by atoms with van der Waals surface area (Å²) in [5.74, 6) is -0.902. The Kier molecular flexibility index (Phi) is 6.32. The van der Waals surface area contributed by atoms with E-state index in [1.54, 1.807) is 0 Å². The topological polar surface area (TPSA) is 119 Å². The van der Waals surface area contributed by atoms with Gasteiger partial charge in [-0.05, 0) is 30.7 Å². The lowest BCUT2D eigenvalue weighted by Crippen LogP contribution is -2.46. The van der Waals surface area contributed by atoms with Gasteiger partial charge in [-0.2, -0.15) is 4.31 Å². The smallest absolute Gasteiger partial charge is 0.338 e. The fourth-order valence-electron chi connectivity index (χ4n) is 1.65. The number of imide groups is 1. The maximum Gasteiger partial charge on any atom is 0.338 e. The number of urea groups is 1. The zero-order chi connectivity index (χ0) is 16.8. The largest absolute Gasteiger partial charge is 0.399 e. The lowest BCUT2D eigenvalue weighted by atomic mass is 10.3. The molecule has 0 aromatic heterocycles. The highest BCUT2D eigenvalue weighted by Crippen LogP contribution is 2.17. The lowest BCUT2D eigenvalue weighted by Gasteiger charge is -2.19. The van der Waals surface area contributed by atoms with Crippen molar-refractivity contribution in [2.24, 2.45) is 0 Å². The van der Waals surface area contributed by atoms with E-state index in [4.69, 9.17) is 10.5 Å². The average molecular weight is 329 g/mol. The van der Waals surface area contributed by atoms with E-state index in [2.05, 4.69) is 5.32 Å². The molecule has 8 nitrogen and oxygen atoms in total. The molecular formula is C13H19N3O5S. The molecule has 22 heavy (non-hydrogen) atoms. The number of hydrogen-bond acceptors (Lipinski definition) is 6. The van der Waals surface area contributed by atoms with Crippen LogP contribution in [0.25, 0.3) is 0 Å². The summed E-state index contributed by atoms with van der Waals surface area (Å²) in [5, 5.41) is 2.37. The van der Waals surface area contributed by atoms with Crippen LogP contribution in [-0.4, -0.2) is 44.9 Å². The molecule has 1 aromatic carbocycles. The summed E-state index contributed by atoms with van der Waals surface area (Å²) in [6, 6.07) is 4.22. The predicted octanol–water partition coefficient (Wildman–Crippen LogP) is 0.552. The van der Waals surface area contributed by atoms with Crippen LogP contribution in [0.3, 0.4) is 0 Å². The number of carbonyl (C=O) groups is 2. The monoisotopic (exact) mass is 329 g/mol. The van der Waals surface area contributed by atoms with Crippen LogP contribution in [0.4, 0.5) is 10.5 Å². The van der Waals surface area contributed by atoms with E-state index >= 15 is 0 Å². The molecule has 0 unspecified atom stereocenters. The highest BCUT2D eigenvalue weighted by molar-refractivity contribution is 7.90. The summed E-state index contributed by atoms with van der Waals surface area (Å²) in [7, 11) is -2.76. The third-order valence-electron chi connectivity index (χ3n) is 2.69. The van der Waals surface area contributed by atoms with Crippen molar-refractivity contribution in [1.82, 2.24) is 9.62 Å². The van der Waals surface area contributed by atoms with Gasteiger partial charge in [0, 0.05) is 32.9 Å². The van der Waals surface area contributed by atoms with Gasteiger partial charge in [0.2, 0.25) is 5.91 Å². The van der Waals surface area contributed by atoms with E-state index in [1.165, 1.54) is 31.4 Å². The molecule has 0 saturated heterocycles. The second-order valence-electron chi connectivity index (χ2n) is 4.44. The summed E-state index contributed by atoms with van der Waals surface area (Å²) in [6.45, 7) is 1.60. The van der Waals surface area contributed by atoms with Gasteiger partial charge in [0.25, 0.3) is 10.0 Å². The minimum atomic E-state index is -4.27. The molecule has 3 amide bonds. The van der Waals surface area contributed by atoms with E-state index in [-0.39, 0.29) is 15.7 Å². The van der Waals surface area contributed by atoms with E-state index in [0.717, 1.165) is 6.92 Å². The molecule has 0 aliphatic carbocycles. The van der Waals surface area contributed by atoms with Crippen molar-refractivity contribution in [1.29, 1.82) is 0 Å². The minimum Gasteiger partial charge on any atom is -0.399 e. The Balaban J connectivity index is 2.96. The number of benzene rings is 1. The molecule has 0 atom stereocenters. The third kappa shape index (κ3) is 4.43. The Hall–Kier alpha value is -2.13. The highest BCUT2D eigenvalue weighted by Gasteiger charge is 2.32. The maximum atomic E-state index is 12.4. The number of rotatable bonds is 6. The predicted molar refractivity (Wildman–Crippen MR) is 80.5 cm³/mol. The molecule has 1 aromatic rings. The molecule has 0 radical (unpaired) electrons. The quantitative estimate of drug-likeness (QED) is 0.581. The van der Waals surface area contributed by atoms with Gasteiger partial charge in [-0.15, -0.1) is 0 Å². The summed E-state index contributed by atoms with van der Waals surface area (Å²) in [4.78, 5) is 23.4. The number of nitrogens with two attached hydrogens (primary N) is 1. The van der Waals surface area contributed by atoms with Crippen molar-refractivity contribution in [2.45, 2.75) is 18.2 Å². The van der Waals surface area contributed by atoms with Crippen molar-refractivity contribution >= 4 is 27.6 Å². The third-order valence-corrected chi connectivity index (χ3v) is 4.46. The maximum absolute atomic E-state index is 12.4. The van der Waals surface area contributed by atoms with Crippen molar-refractivity contribution in [3.63, 3.8) is 0 Å². The summed E-state index contributed by atoms with van der Waals surface area (Å²) >= 11 is 0. The first-order valence-corrected chi connectivity index (χ1v) is 7.93. The van der Waals surface area contributed by atoms with Gasteiger partial charge in [0.15, 0.2) is 0 Å². The van der Waals surface area contributed by atoms with Gasteiger partial charge in [0.05, 0.1) is 4.90 Å². The van der Waals surface area contributed by atoms with Gasteiger partial charge in [0.1, 0.15) is 0 Å². The summed E-state index contributed by atoms with van der Waals surface area (Å²) in [5.41, 5.74) is 5.87. The molecule has 0 bridgehead atoms. The summed E-state index contributed by atoms with van der Waals surface area (Å²) < 4.78 is 29.8. The van der Waals surface area contributed by atoms with E-state index in [0.29, 0.717) is 18.7 Å². The Labute approximate surface area is 129 Å². The van der Waals surface area contributed by atoms with Crippen LogP contribution in [0.5, 0.6) is 0 Å². The first kappa shape index (κ1) is 17.9. The van der Waals surface area contributed by atoms with Crippen LogP contribution in [0.15, 0.2) is 29.2 Å². The van der Waals surface area contributed by atoms with E-state index in [9.17, 15) is 18.0 Å². The SMILES string of the molecule is COCCCNC(=O)N(C(C)=O)S(=O)(=O)c1ccc(N)cc1. The normalized spacial score (nSPS) is 11.0. The zero-order valence-corrected chi connectivity index (χ0v) is 13.2. The van der Waals surface area contributed by atoms with Crippen LogP contribution >= 0.6 is 0 Å². The van der Waals surface area contributed by atoms with Gasteiger partial charge < -0.3 is 15.8 Å². The van der Waals surface area contributed by atoms with Crippen LogP contribution in [0.2, 0.25) is 0 Å². The van der Waals surface area contributed by atoms with Crippen molar-refractivity contribution in [3.05, 3.63) is 24.3 Å². The standard InChI is InChI=1S/C13H19N3O5S/c1-10(17)16(13(18)15-8-3-9-21-2)22(19,20)12-6-4-11(14)5-7-12/h4-7H,3,8-9,14H2,1-2H3,(H,15,18). The number of ether oxygens (including phenoxy) is 1. The highest BCUT2D eigenvalue weighted by atomic mass is 32.2. The zero-order valence-electron chi connectivity index (χ0n) is 12.4. The second kappa shape index (κ2) is 7.76. The Morgan fingerprint density at radius 1 is 1.27 bits per heavy atom. The van der Waals surface area contributed by atoms with Gasteiger partial charge in [-0.25, -0.2) is 13.2 Å². The minimum absolute atomic E-state index is 0.188. The Bertz CT molecular complexity index is 628. The first-order chi connectivity index (χ1) is 10.3. The number of carbonyl (C=O) groups excluding carboxylic acids is 2. The Morgan fingerprint density at radius 2 is 1.86 bits per heavy atom. The number of methoxy groups -OCH3 is 1. The van der Waals surface area contributed by atoms with Crippen molar-refractivity contribution in [2.75, 3.05) is 26.0 Å². The van der Waals surface area contributed by atoms with Gasteiger partial charge in [-0.1, -0.05) is 0 Å². The fourth-order valence-corrected chi connectivity index (χ4v) is 2.96. The molecule has 0 fully saturated rings. The average Bonchev–Trinajstić information content (AvgIpc) is 2.43. The van der Waals surface area contributed by atoms with E-state index in [1.807, 2.05) is 0 Å². The molecule has 0 heterocycles. The number of sulfonamides is 1. The van der Waals surface area contributed by atoms with Crippen LogP contribution < -0.4 is 11.1 Å². The number of nitrogen functional groups attached to an aromatic ring is 1. The molecular weight excluding hydrogens is 310 g/mol. The molecule has 0 spiro atoms. The molecule has 9 heteroatoms. The summed E-state index contributed by atoms with van der Waals surface area (Å²) in [6.07, 6.45) is 0.496. The molecule has 0 aliphatic heterocycles. The van der Waals surface area contributed by atoms with Crippen LogP contribution in [0.1, 0.15) is 13.3 Å². The number of anilines is 1. The van der Waals surface area contributed by atoms with Crippen LogP contribution in [0, 0.1) is 0 Å². The van der Waals surface area contributed by atoms with Crippen molar-refractivity contribution < 1.29 is 22.7 Å². The molecule has 122 valence electrons. The fraction of sp³-hybridized carbons (Fsp3) is 0.385. The van der Waals surface area contributed by atoms with E-state index < -0.39 is 22.0 Å². The molecule has 0 saturated carbocycles. The molecule has 0 aliphatic rings. The Morgan fingerprint density at radius 3 is 2.36 bits per heavy atom. The van der Waals surface area contributed by atoms with Crippen LogP contribution in [-0.2, 0) is 19.6 Å². The number of nitrogens with zero attached hydrogens (tertiary/aromatic N) is 1. The van der Waals surface area contributed by atoms with Crippen molar-refractivity contribution in [3.8, 4) is 0 Å².